The Kier molecular flexibility index (Phi) is 12.7. The number of aliphatic carboxylic acids is 2. The summed E-state index contributed by atoms with van der Waals surface area (Å²) >= 11 is 0. The lowest BCUT2D eigenvalue weighted by Crippen LogP contribution is -1.91. The van der Waals surface area contributed by atoms with E-state index < -0.39 is 11.9 Å². The first-order valence-electron chi connectivity index (χ1n) is 4.68. The highest BCUT2D eigenvalue weighted by Crippen LogP contribution is 1.95. The van der Waals surface area contributed by atoms with Crippen molar-refractivity contribution in [2.75, 3.05) is 0 Å². The van der Waals surface area contributed by atoms with E-state index in [2.05, 4.69) is 13.8 Å². The molecule has 0 saturated carbocycles. The molecule has 2 N–H and O–H groups in total. The maximum Gasteiger partial charge on any atom is 0.328 e. The fourth-order valence-electron chi connectivity index (χ4n) is 0.643. The van der Waals surface area contributed by atoms with Crippen molar-refractivity contribution in [1.82, 2.24) is 0 Å². The third kappa shape index (κ3) is 22.4. The number of carbonyl (C=O) groups is 2. The standard InChI is InChI=1S/C6H14.C4H4O4/c1-3-5-6-4-2;5-3(6)1-2-4(7)8/h3-6H2,1-2H3;1-2H,(H,5,6)(H,7,8)/b;2-1+. The Hall–Kier alpha value is -1.32. The summed E-state index contributed by atoms with van der Waals surface area (Å²) in [4.78, 5) is 19.1. The van der Waals surface area contributed by atoms with E-state index in [4.69, 9.17) is 10.2 Å². The van der Waals surface area contributed by atoms with Crippen molar-refractivity contribution in [3.05, 3.63) is 12.2 Å². The first kappa shape index (κ1) is 15.2. The van der Waals surface area contributed by atoms with Gasteiger partial charge in [0.25, 0.3) is 0 Å². The maximum atomic E-state index is 9.55. The van der Waals surface area contributed by atoms with Crippen LogP contribution in [0.1, 0.15) is 39.5 Å². The molecular formula is C10H18O4. The zero-order chi connectivity index (χ0) is 11.4. The highest BCUT2D eigenvalue weighted by molar-refractivity contribution is 5.89. The molecule has 0 aliphatic carbocycles. The third-order valence-corrected chi connectivity index (χ3v) is 1.33. The van der Waals surface area contributed by atoms with Gasteiger partial charge in [-0.15, -0.1) is 0 Å². The van der Waals surface area contributed by atoms with E-state index in [0.717, 1.165) is 0 Å². The second kappa shape index (κ2) is 11.7. The van der Waals surface area contributed by atoms with Gasteiger partial charge in [-0.3, -0.25) is 0 Å². The van der Waals surface area contributed by atoms with Gasteiger partial charge in [-0.2, -0.15) is 0 Å². The molecule has 0 aromatic heterocycles. The van der Waals surface area contributed by atoms with Crippen LogP contribution in [0.25, 0.3) is 0 Å². The Morgan fingerprint density at radius 2 is 1.21 bits per heavy atom. The Morgan fingerprint density at radius 3 is 1.36 bits per heavy atom. The number of carboxylic acid groups (broad SMARTS) is 2. The number of hydrogen-bond acceptors (Lipinski definition) is 2. The fourth-order valence-corrected chi connectivity index (χ4v) is 0.643. The number of rotatable bonds is 5. The van der Waals surface area contributed by atoms with Crippen LogP contribution >= 0.6 is 0 Å². The van der Waals surface area contributed by atoms with Gasteiger partial charge in [0.05, 0.1) is 0 Å². The van der Waals surface area contributed by atoms with Gasteiger partial charge >= 0.3 is 11.9 Å². The minimum Gasteiger partial charge on any atom is -0.478 e. The molecule has 0 aliphatic rings. The molecule has 0 bridgehead atoms. The number of unbranched alkanes of at least 4 members (excludes halogenated alkanes) is 3. The Bertz CT molecular complexity index is 165. The molecule has 82 valence electrons. The molecule has 0 aromatic rings. The van der Waals surface area contributed by atoms with E-state index >= 15 is 0 Å². The summed E-state index contributed by atoms with van der Waals surface area (Å²) in [5.41, 5.74) is 0. The minimum absolute atomic E-state index is 0.558. The average Bonchev–Trinajstić information content (AvgIpc) is 2.12. The molecule has 0 rings (SSSR count). The van der Waals surface area contributed by atoms with Gasteiger partial charge < -0.3 is 10.2 Å². The quantitative estimate of drug-likeness (QED) is 0.530. The second-order valence-electron chi connectivity index (χ2n) is 2.72. The Balaban J connectivity index is 0. The lowest BCUT2D eigenvalue weighted by molar-refractivity contribution is -0.134. The van der Waals surface area contributed by atoms with Gasteiger partial charge in [0.1, 0.15) is 0 Å². The minimum atomic E-state index is -1.26. The Morgan fingerprint density at radius 1 is 0.929 bits per heavy atom. The molecule has 0 saturated heterocycles. The van der Waals surface area contributed by atoms with Gasteiger partial charge in [0.2, 0.25) is 0 Å². The summed E-state index contributed by atoms with van der Waals surface area (Å²) in [6.45, 7) is 4.46. The fraction of sp³-hybridized carbons (Fsp3) is 0.600. The smallest absolute Gasteiger partial charge is 0.328 e. The summed E-state index contributed by atoms with van der Waals surface area (Å²) in [6, 6.07) is 0. The monoisotopic (exact) mass is 202 g/mol. The molecule has 0 unspecified atom stereocenters. The molecule has 0 atom stereocenters. The van der Waals surface area contributed by atoms with Gasteiger partial charge in [-0.25, -0.2) is 9.59 Å². The van der Waals surface area contributed by atoms with Crippen LogP contribution in [0.15, 0.2) is 12.2 Å². The summed E-state index contributed by atoms with van der Waals surface area (Å²) in [7, 11) is 0. The molecule has 0 fully saturated rings. The molecule has 4 heteroatoms. The van der Waals surface area contributed by atoms with Gasteiger partial charge in [-0.1, -0.05) is 39.5 Å². The summed E-state index contributed by atoms with van der Waals surface area (Å²) in [6.07, 6.45) is 6.65. The zero-order valence-electron chi connectivity index (χ0n) is 8.69. The van der Waals surface area contributed by atoms with E-state index in [9.17, 15) is 9.59 Å². The van der Waals surface area contributed by atoms with E-state index in [1.165, 1.54) is 25.7 Å². The molecular weight excluding hydrogens is 184 g/mol. The highest BCUT2D eigenvalue weighted by atomic mass is 16.4. The van der Waals surface area contributed by atoms with Crippen LogP contribution in [0.3, 0.4) is 0 Å². The maximum absolute atomic E-state index is 9.55. The molecule has 0 radical (unpaired) electrons. The largest absolute Gasteiger partial charge is 0.478 e. The van der Waals surface area contributed by atoms with Crippen LogP contribution in [0, 0.1) is 0 Å². The van der Waals surface area contributed by atoms with Crippen LogP contribution in [-0.2, 0) is 9.59 Å². The van der Waals surface area contributed by atoms with Crippen molar-refractivity contribution in [3.8, 4) is 0 Å². The van der Waals surface area contributed by atoms with Crippen molar-refractivity contribution in [3.63, 3.8) is 0 Å². The lowest BCUT2D eigenvalue weighted by atomic mass is 10.2. The molecule has 4 nitrogen and oxygen atoms in total. The van der Waals surface area contributed by atoms with Crippen LogP contribution in [0.2, 0.25) is 0 Å². The summed E-state index contributed by atoms with van der Waals surface area (Å²) < 4.78 is 0. The van der Waals surface area contributed by atoms with Gasteiger partial charge in [0, 0.05) is 12.2 Å². The molecule has 0 aromatic carbocycles. The van der Waals surface area contributed by atoms with E-state index in [1.54, 1.807) is 0 Å². The van der Waals surface area contributed by atoms with E-state index in [-0.39, 0.29) is 0 Å². The van der Waals surface area contributed by atoms with Crippen LogP contribution < -0.4 is 0 Å². The van der Waals surface area contributed by atoms with E-state index in [0.29, 0.717) is 12.2 Å². The Labute approximate surface area is 84.3 Å². The highest BCUT2D eigenvalue weighted by Gasteiger charge is 1.88. The van der Waals surface area contributed by atoms with Gasteiger partial charge in [-0.05, 0) is 0 Å². The topological polar surface area (TPSA) is 74.6 Å². The molecule has 0 aliphatic heterocycles. The number of hydrogen-bond donors (Lipinski definition) is 2. The van der Waals surface area contributed by atoms with Crippen molar-refractivity contribution >= 4 is 11.9 Å². The van der Waals surface area contributed by atoms with Gasteiger partial charge in [0.15, 0.2) is 0 Å². The van der Waals surface area contributed by atoms with Crippen LogP contribution in [0.4, 0.5) is 0 Å². The molecule has 14 heavy (non-hydrogen) atoms. The molecule has 0 spiro atoms. The molecule has 0 heterocycles. The summed E-state index contributed by atoms with van der Waals surface area (Å²) in [5, 5.41) is 15.6. The van der Waals surface area contributed by atoms with Crippen molar-refractivity contribution in [2.24, 2.45) is 0 Å². The van der Waals surface area contributed by atoms with Crippen molar-refractivity contribution in [2.45, 2.75) is 39.5 Å². The number of carboxylic acids is 2. The summed E-state index contributed by atoms with van der Waals surface area (Å²) in [5.74, 6) is -2.51. The molecule has 0 amide bonds. The predicted octanol–water partition coefficient (Wildman–Crippen LogP) is 2.30. The lowest BCUT2D eigenvalue weighted by Gasteiger charge is -1.86. The van der Waals surface area contributed by atoms with E-state index in [1.807, 2.05) is 0 Å². The van der Waals surface area contributed by atoms with Crippen LogP contribution in [0.5, 0.6) is 0 Å². The van der Waals surface area contributed by atoms with Crippen LogP contribution in [-0.4, -0.2) is 22.2 Å². The van der Waals surface area contributed by atoms with Crippen molar-refractivity contribution < 1.29 is 19.8 Å². The zero-order valence-corrected chi connectivity index (χ0v) is 8.69. The average molecular weight is 202 g/mol. The normalized spacial score (nSPS) is 9.29. The first-order valence-corrected chi connectivity index (χ1v) is 4.68. The predicted molar refractivity (Wildman–Crippen MR) is 54.2 cm³/mol. The first-order chi connectivity index (χ1) is 6.54. The second-order valence-corrected chi connectivity index (χ2v) is 2.72. The SMILES string of the molecule is CCCCCC.O=C(O)/C=C/C(=O)O. The third-order valence-electron chi connectivity index (χ3n) is 1.33. The van der Waals surface area contributed by atoms with Crippen molar-refractivity contribution in [1.29, 1.82) is 0 Å².